The van der Waals surface area contributed by atoms with E-state index in [0.29, 0.717) is 0 Å². The van der Waals surface area contributed by atoms with Gasteiger partial charge in [0.25, 0.3) is 5.78 Å². The molecule has 0 spiro atoms. The Morgan fingerprint density at radius 3 is 2.56 bits per heavy atom. The molecule has 1 aliphatic carbocycles. The molecule has 86 valence electrons. The van der Waals surface area contributed by atoms with Crippen LogP contribution in [-0.4, -0.2) is 28.9 Å². The van der Waals surface area contributed by atoms with Crippen molar-refractivity contribution in [1.82, 2.24) is 0 Å². The standard InChI is InChI=1S/C11H14N2O3/c1-2-7-16-11(15)9(13-12)10(14)8-5-3-4-6-8/h2,8H,1,3-7H2. The lowest BCUT2D eigenvalue weighted by atomic mass is 9.99. The van der Waals surface area contributed by atoms with Gasteiger partial charge in [-0.3, -0.25) is 4.79 Å². The fraction of sp³-hybridized carbons (Fsp3) is 0.545. The largest absolute Gasteiger partial charge is 0.453 e. The van der Waals surface area contributed by atoms with Crippen molar-refractivity contribution in [3.05, 3.63) is 18.2 Å². The first-order valence-corrected chi connectivity index (χ1v) is 5.25. The normalized spacial score (nSPS) is 15.2. The number of ketones is 1. The van der Waals surface area contributed by atoms with Crippen molar-refractivity contribution in [1.29, 1.82) is 0 Å². The van der Waals surface area contributed by atoms with Crippen molar-refractivity contribution >= 4 is 17.5 Å². The van der Waals surface area contributed by atoms with E-state index in [1.165, 1.54) is 6.08 Å². The molecule has 0 unspecified atom stereocenters. The van der Waals surface area contributed by atoms with Crippen molar-refractivity contribution in [2.75, 3.05) is 6.61 Å². The van der Waals surface area contributed by atoms with Crippen LogP contribution in [0.25, 0.3) is 5.53 Å². The van der Waals surface area contributed by atoms with Crippen LogP contribution in [0.2, 0.25) is 0 Å². The Morgan fingerprint density at radius 1 is 1.44 bits per heavy atom. The Bertz CT molecular complexity index is 350. The van der Waals surface area contributed by atoms with Crippen molar-refractivity contribution in [3.8, 4) is 0 Å². The van der Waals surface area contributed by atoms with Crippen molar-refractivity contribution in [2.45, 2.75) is 25.7 Å². The fourth-order valence-electron chi connectivity index (χ4n) is 1.78. The first-order chi connectivity index (χ1) is 7.70. The molecule has 5 heteroatoms. The molecule has 0 aromatic heterocycles. The molecule has 0 heterocycles. The predicted molar refractivity (Wildman–Crippen MR) is 56.7 cm³/mol. The lowest BCUT2D eigenvalue weighted by Gasteiger charge is -2.03. The zero-order chi connectivity index (χ0) is 12.0. The number of esters is 1. The maximum atomic E-state index is 11.8. The highest BCUT2D eigenvalue weighted by molar-refractivity contribution is 6.62. The minimum Gasteiger partial charge on any atom is -0.453 e. The Balaban J connectivity index is 2.66. The topological polar surface area (TPSA) is 79.8 Å². The molecule has 0 radical (unpaired) electrons. The molecule has 0 aliphatic heterocycles. The van der Waals surface area contributed by atoms with Crippen LogP contribution in [0.3, 0.4) is 0 Å². The minimum absolute atomic E-state index is 0.00417. The fourth-order valence-corrected chi connectivity index (χ4v) is 1.78. The van der Waals surface area contributed by atoms with Gasteiger partial charge < -0.3 is 10.3 Å². The molecule has 16 heavy (non-hydrogen) atoms. The molecule has 0 aromatic carbocycles. The summed E-state index contributed by atoms with van der Waals surface area (Å²) in [4.78, 5) is 25.9. The van der Waals surface area contributed by atoms with Crippen molar-refractivity contribution in [3.63, 3.8) is 0 Å². The molecule has 0 saturated heterocycles. The highest BCUT2D eigenvalue weighted by atomic mass is 16.5. The third kappa shape index (κ3) is 2.87. The van der Waals surface area contributed by atoms with Gasteiger partial charge in [-0.05, 0) is 12.8 Å². The van der Waals surface area contributed by atoms with E-state index in [2.05, 4.69) is 16.1 Å². The minimum atomic E-state index is -0.890. The molecule has 0 amide bonds. The third-order valence-corrected chi connectivity index (χ3v) is 2.58. The Kier molecular flexibility index (Phi) is 4.61. The van der Waals surface area contributed by atoms with Gasteiger partial charge in [-0.2, -0.15) is 4.79 Å². The summed E-state index contributed by atoms with van der Waals surface area (Å²) in [6.07, 6.45) is 4.81. The molecule has 0 N–H and O–H groups in total. The van der Waals surface area contributed by atoms with Crippen LogP contribution in [0.1, 0.15) is 25.7 Å². The summed E-state index contributed by atoms with van der Waals surface area (Å²) in [7, 11) is 0. The first kappa shape index (κ1) is 12.3. The van der Waals surface area contributed by atoms with Crippen LogP contribution in [0.15, 0.2) is 12.7 Å². The van der Waals surface area contributed by atoms with Gasteiger partial charge in [-0.1, -0.05) is 25.5 Å². The molecule has 0 aromatic rings. The summed E-state index contributed by atoms with van der Waals surface area (Å²) in [6, 6.07) is 0. The van der Waals surface area contributed by atoms with E-state index < -0.39 is 17.5 Å². The second kappa shape index (κ2) is 5.98. The molecular weight excluding hydrogens is 208 g/mol. The van der Waals surface area contributed by atoms with E-state index in [4.69, 9.17) is 5.53 Å². The lowest BCUT2D eigenvalue weighted by Crippen LogP contribution is -2.31. The van der Waals surface area contributed by atoms with Crippen LogP contribution in [0.4, 0.5) is 0 Å². The molecule has 0 bridgehead atoms. The molecule has 0 atom stereocenters. The van der Waals surface area contributed by atoms with Gasteiger partial charge >= 0.3 is 11.7 Å². The van der Waals surface area contributed by atoms with E-state index in [1.54, 1.807) is 0 Å². The summed E-state index contributed by atoms with van der Waals surface area (Å²) < 4.78 is 4.66. The quantitative estimate of drug-likeness (QED) is 0.175. The summed E-state index contributed by atoms with van der Waals surface area (Å²) in [5.41, 5.74) is 8.16. The number of Topliss-reactive ketones (excluding diaryl/α,β-unsaturated/α-hetero) is 1. The van der Waals surface area contributed by atoms with Crippen molar-refractivity contribution in [2.24, 2.45) is 5.92 Å². The summed E-state index contributed by atoms with van der Waals surface area (Å²) in [6.45, 7) is 3.37. The predicted octanol–water partition coefficient (Wildman–Crippen LogP) is 1.15. The SMILES string of the molecule is C=CCOC(=O)C(=[N+]=[N-])C(=O)C1CCCC1. The van der Waals surface area contributed by atoms with E-state index in [1.807, 2.05) is 0 Å². The molecule has 1 aliphatic rings. The van der Waals surface area contributed by atoms with Crippen LogP contribution in [0.5, 0.6) is 0 Å². The van der Waals surface area contributed by atoms with Gasteiger partial charge in [-0.15, -0.1) is 0 Å². The molecule has 1 saturated carbocycles. The van der Waals surface area contributed by atoms with Gasteiger partial charge in [0.1, 0.15) is 6.61 Å². The Morgan fingerprint density at radius 2 is 2.06 bits per heavy atom. The van der Waals surface area contributed by atoms with Crippen LogP contribution >= 0.6 is 0 Å². The van der Waals surface area contributed by atoms with Gasteiger partial charge in [0.2, 0.25) is 0 Å². The highest BCUT2D eigenvalue weighted by Gasteiger charge is 2.37. The van der Waals surface area contributed by atoms with Gasteiger partial charge in [0.15, 0.2) is 0 Å². The zero-order valence-electron chi connectivity index (χ0n) is 9.02. The van der Waals surface area contributed by atoms with E-state index >= 15 is 0 Å². The van der Waals surface area contributed by atoms with E-state index in [-0.39, 0.29) is 12.5 Å². The molecule has 1 fully saturated rings. The number of carbonyl (C=O) groups excluding carboxylic acids is 2. The van der Waals surface area contributed by atoms with E-state index in [0.717, 1.165) is 25.7 Å². The van der Waals surface area contributed by atoms with E-state index in [9.17, 15) is 9.59 Å². The number of nitrogens with zero attached hydrogens (tertiary/aromatic N) is 2. The number of carbonyl (C=O) groups is 2. The van der Waals surface area contributed by atoms with Gasteiger partial charge in [0, 0.05) is 5.92 Å². The zero-order valence-corrected chi connectivity index (χ0v) is 9.02. The molecular formula is C11H14N2O3. The molecule has 1 rings (SSSR count). The summed E-state index contributed by atoms with van der Waals surface area (Å²) in [5.74, 6) is -1.52. The monoisotopic (exact) mass is 222 g/mol. The van der Waals surface area contributed by atoms with Gasteiger partial charge in [-0.25, -0.2) is 4.79 Å². The number of hydrogen-bond acceptors (Lipinski definition) is 3. The smallest absolute Gasteiger partial charge is 0.441 e. The maximum Gasteiger partial charge on any atom is 0.441 e. The third-order valence-electron chi connectivity index (χ3n) is 2.58. The number of ether oxygens (including phenoxy) is 1. The van der Waals surface area contributed by atoms with Crippen LogP contribution in [0, 0.1) is 5.92 Å². The number of rotatable bonds is 5. The Labute approximate surface area is 93.7 Å². The van der Waals surface area contributed by atoms with Crippen LogP contribution in [-0.2, 0) is 14.3 Å². The summed E-state index contributed by atoms with van der Waals surface area (Å²) in [5, 5.41) is 0. The Hall–Kier alpha value is -1.74. The maximum absolute atomic E-state index is 11.8. The lowest BCUT2D eigenvalue weighted by molar-refractivity contribution is -0.141. The van der Waals surface area contributed by atoms with Crippen LogP contribution < -0.4 is 0 Å². The average Bonchev–Trinajstić information content (AvgIpc) is 2.80. The number of hydrogen-bond donors (Lipinski definition) is 0. The average molecular weight is 222 g/mol. The second-order valence-corrected chi connectivity index (χ2v) is 3.68. The second-order valence-electron chi connectivity index (χ2n) is 3.68. The van der Waals surface area contributed by atoms with Gasteiger partial charge in [0.05, 0.1) is 0 Å². The highest BCUT2D eigenvalue weighted by Crippen LogP contribution is 2.25. The molecule has 5 nitrogen and oxygen atoms in total. The first-order valence-electron chi connectivity index (χ1n) is 5.25. The van der Waals surface area contributed by atoms with Crippen molar-refractivity contribution < 1.29 is 19.1 Å². The summed E-state index contributed by atoms with van der Waals surface area (Å²) >= 11 is 0.